The average molecular weight is 288 g/mol. The second kappa shape index (κ2) is 6.56. The van der Waals surface area contributed by atoms with Gasteiger partial charge in [0.05, 0.1) is 6.61 Å². The number of aromatic amines is 1. The predicted octanol–water partition coefficient (Wildman–Crippen LogP) is 2.12. The Morgan fingerprint density at radius 3 is 3.10 bits per heavy atom. The highest BCUT2D eigenvalue weighted by atomic mass is 16.5. The van der Waals surface area contributed by atoms with E-state index in [1.807, 2.05) is 16.9 Å². The fourth-order valence-corrected chi connectivity index (χ4v) is 2.72. The Labute approximate surface area is 123 Å². The van der Waals surface area contributed by atoms with Crippen LogP contribution in [0, 0.1) is 0 Å². The highest BCUT2D eigenvalue weighted by Crippen LogP contribution is 2.22. The van der Waals surface area contributed by atoms with Gasteiger partial charge in [-0.2, -0.15) is 10.2 Å². The SMILES string of the molecule is O=C(OCCCn1cccn1)c1n[nH]c2c1CCCCC2. The number of nitrogens with zero attached hydrogens (tertiary/aromatic N) is 3. The van der Waals surface area contributed by atoms with E-state index in [0.717, 1.165) is 49.9 Å². The minimum Gasteiger partial charge on any atom is -0.461 e. The maximum atomic E-state index is 12.1. The predicted molar refractivity (Wildman–Crippen MR) is 77.0 cm³/mol. The molecule has 0 aromatic carbocycles. The number of ether oxygens (including phenoxy) is 1. The van der Waals surface area contributed by atoms with E-state index in [0.29, 0.717) is 12.3 Å². The zero-order chi connectivity index (χ0) is 14.5. The van der Waals surface area contributed by atoms with Gasteiger partial charge in [-0.05, 0) is 31.7 Å². The van der Waals surface area contributed by atoms with Crippen LogP contribution >= 0.6 is 0 Å². The first-order chi connectivity index (χ1) is 10.3. The van der Waals surface area contributed by atoms with Gasteiger partial charge in [0.25, 0.3) is 0 Å². The number of carbonyl (C=O) groups is 1. The second-order valence-electron chi connectivity index (χ2n) is 5.35. The van der Waals surface area contributed by atoms with Crippen molar-refractivity contribution in [1.29, 1.82) is 0 Å². The third-order valence-electron chi connectivity index (χ3n) is 3.82. The number of carbonyl (C=O) groups excluding carboxylic acids is 1. The van der Waals surface area contributed by atoms with Crippen molar-refractivity contribution in [1.82, 2.24) is 20.0 Å². The summed E-state index contributed by atoms with van der Waals surface area (Å²) in [6.45, 7) is 1.14. The van der Waals surface area contributed by atoms with Crippen molar-refractivity contribution in [2.75, 3.05) is 6.61 Å². The molecule has 112 valence electrons. The first-order valence-corrected chi connectivity index (χ1v) is 7.55. The van der Waals surface area contributed by atoms with Crippen LogP contribution in [-0.2, 0) is 24.1 Å². The van der Waals surface area contributed by atoms with E-state index in [4.69, 9.17) is 4.74 Å². The normalized spacial score (nSPS) is 14.5. The molecule has 0 aliphatic heterocycles. The topological polar surface area (TPSA) is 72.8 Å². The van der Waals surface area contributed by atoms with Gasteiger partial charge in [0.15, 0.2) is 5.69 Å². The van der Waals surface area contributed by atoms with Crippen LogP contribution in [0.25, 0.3) is 0 Å². The number of esters is 1. The highest BCUT2D eigenvalue weighted by Gasteiger charge is 2.21. The van der Waals surface area contributed by atoms with Gasteiger partial charge in [0.1, 0.15) is 0 Å². The Kier molecular flexibility index (Phi) is 4.33. The summed E-state index contributed by atoms with van der Waals surface area (Å²) in [6, 6.07) is 1.88. The van der Waals surface area contributed by atoms with Crippen LogP contribution < -0.4 is 0 Å². The van der Waals surface area contributed by atoms with E-state index < -0.39 is 0 Å². The highest BCUT2D eigenvalue weighted by molar-refractivity contribution is 5.89. The van der Waals surface area contributed by atoms with Gasteiger partial charge in [-0.1, -0.05) is 6.42 Å². The van der Waals surface area contributed by atoms with Crippen molar-refractivity contribution < 1.29 is 9.53 Å². The van der Waals surface area contributed by atoms with Crippen molar-refractivity contribution >= 4 is 5.97 Å². The summed E-state index contributed by atoms with van der Waals surface area (Å²) in [5.41, 5.74) is 2.64. The van der Waals surface area contributed by atoms with Gasteiger partial charge >= 0.3 is 5.97 Å². The largest absolute Gasteiger partial charge is 0.461 e. The Hall–Kier alpha value is -2.11. The van der Waals surface area contributed by atoms with Crippen LogP contribution in [0.3, 0.4) is 0 Å². The minimum absolute atomic E-state index is 0.310. The molecular formula is C15H20N4O2. The van der Waals surface area contributed by atoms with Crippen LogP contribution in [0.2, 0.25) is 0 Å². The smallest absolute Gasteiger partial charge is 0.359 e. The molecule has 0 atom stereocenters. The number of nitrogens with one attached hydrogen (secondary N) is 1. The number of aromatic nitrogens is 4. The maximum Gasteiger partial charge on any atom is 0.359 e. The minimum atomic E-state index is -0.310. The molecule has 1 aliphatic rings. The molecule has 0 bridgehead atoms. The second-order valence-corrected chi connectivity index (χ2v) is 5.35. The van der Waals surface area contributed by atoms with E-state index in [1.165, 1.54) is 6.42 Å². The van der Waals surface area contributed by atoms with Crippen molar-refractivity contribution in [3.05, 3.63) is 35.4 Å². The molecule has 0 radical (unpaired) electrons. The Morgan fingerprint density at radius 2 is 2.24 bits per heavy atom. The van der Waals surface area contributed by atoms with Gasteiger partial charge in [-0.15, -0.1) is 0 Å². The lowest BCUT2D eigenvalue weighted by atomic mass is 10.1. The summed E-state index contributed by atoms with van der Waals surface area (Å²) in [7, 11) is 0. The molecule has 3 rings (SSSR count). The van der Waals surface area contributed by atoms with Crippen LogP contribution in [0.15, 0.2) is 18.5 Å². The maximum absolute atomic E-state index is 12.1. The third kappa shape index (κ3) is 3.32. The molecule has 0 unspecified atom stereocenters. The van der Waals surface area contributed by atoms with Gasteiger partial charge in [-0.3, -0.25) is 9.78 Å². The lowest BCUT2D eigenvalue weighted by molar-refractivity contribution is 0.0486. The van der Waals surface area contributed by atoms with Gasteiger partial charge in [0.2, 0.25) is 0 Å². The molecule has 2 aromatic heterocycles. The number of H-pyrrole nitrogens is 1. The monoisotopic (exact) mass is 288 g/mol. The molecule has 6 nitrogen and oxygen atoms in total. The van der Waals surface area contributed by atoms with Crippen LogP contribution in [-0.4, -0.2) is 32.6 Å². The Bertz CT molecular complexity index is 589. The first-order valence-electron chi connectivity index (χ1n) is 7.55. The molecule has 6 heteroatoms. The van der Waals surface area contributed by atoms with E-state index >= 15 is 0 Å². The average Bonchev–Trinajstić information content (AvgIpc) is 3.09. The molecule has 0 amide bonds. The first kappa shape index (κ1) is 13.9. The van der Waals surface area contributed by atoms with Crippen LogP contribution in [0.5, 0.6) is 0 Å². The van der Waals surface area contributed by atoms with Crippen molar-refractivity contribution in [2.24, 2.45) is 0 Å². The van der Waals surface area contributed by atoms with Gasteiger partial charge < -0.3 is 4.74 Å². The molecule has 0 saturated carbocycles. The standard InChI is InChI=1S/C15H20N4O2/c20-15(21-11-5-10-19-9-4-8-16-19)14-12-6-2-1-3-7-13(12)17-18-14/h4,8-9H,1-3,5-7,10-11H2,(H,17,18). The van der Waals surface area contributed by atoms with Gasteiger partial charge in [0, 0.05) is 36.6 Å². The Balaban J connectivity index is 1.52. The lowest BCUT2D eigenvalue weighted by Crippen LogP contribution is -2.11. The number of fused-ring (bicyclic) bond motifs is 1. The summed E-state index contributed by atoms with van der Waals surface area (Å²) >= 11 is 0. The number of hydrogen-bond donors (Lipinski definition) is 1. The van der Waals surface area contributed by atoms with Crippen LogP contribution in [0.1, 0.15) is 47.4 Å². The fourth-order valence-electron chi connectivity index (χ4n) is 2.72. The molecule has 0 spiro atoms. The van der Waals surface area contributed by atoms with E-state index in [1.54, 1.807) is 6.20 Å². The summed E-state index contributed by atoms with van der Waals surface area (Å²) in [5.74, 6) is -0.310. The van der Waals surface area contributed by atoms with E-state index in [9.17, 15) is 4.79 Å². The summed E-state index contributed by atoms with van der Waals surface area (Å²) in [5, 5.41) is 11.3. The molecular weight excluding hydrogens is 268 g/mol. The zero-order valence-electron chi connectivity index (χ0n) is 12.0. The number of aryl methyl sites for hydroxylation is 2. The summed E-state index contributed by atoms with van der Waals surface area (Å²) < 4.78 is 7.16. The number of hydrogen-bond acceptors (Lipinski definition) is 4. The quantitative estimate of drug-likeness (QED) is 0.519. The molecule has 0 fully saturated rings. The van der Waals surface area contributed by atoms with Crippen LogP contribution in [0.4, 0.5) is 0 Å². The molecule has 0 saturated heterocycles. The molecule has 2 heterocycles. The molecule has 21 heavy (non-hydrogen) atoms. The summed E-state index contributed by atoms with van der Waals surface area (Å²) in [6.07, 6.45) is 9.78. The summed E-state index contributed by atoms with van der Waals surface area (Å²) in [4.78, 5) is 12.1. The van der Waals surface area contributed by atoms with Crippen molar-refractivity contribution in [3.63, 3.8) is 0 Å². The molecule has 1 N–H and O–H groups in total. The zero-order valence-corrected chi connectivity index (χ0v) is 12.0. The molecule has 1 aliphatic carbocycles. The van der Waals surface area contributed by atoms with Crippen molar-refractivity contribution in [3.8, 4) is 0 Å². The van der Waals surface area contributed by atoms with E-state index in [-0.39, 0.29) is 5.97 Å². The molecule has 2 aromatic rings. The van der Waals surface area contributed by atoms with Crippen molar-refractivity contribution in [2.45, 2.75) is 45.1 Å². The number of rotatable bonds is 5. The van der Waals surface area contributed by atoms with Gasteiger partial charge in [-0.25, -0.2) is 4.79 Å². The lowest BCUT2D eigenvalue weighted by Gasteiger charge is -2.05. The third-order valence-corrected chi connectivity index (χ3v) is 3.82. The fraction of sp³-hybridized carbons (Fsp3) is 0.533. The van der Waals surface area contributed by atoms with E-state index in [2.05, 4.69) is 15.3 Å². The Morgan fingerprint density at radius 1 is 1.33 bits per heavy atom.